The van der Waals surface area contributed by atoms with Gasteiger partial charge in [-0.15, -0.1) is 11.3 Å². The molecular weight excluding hydrogens is 342 g/mol. The average molecular weight is 357 g/mol. The van der Waals surface area contributed by atoms with Gasteiger partial charge >= 0.3 is 0 Å². The Morgan fingerprint density at radius 2 is 2.22 bits per heavy atom. The molecule has 8 nitrogen and oxygen atoms in total. The SMILES string of the molecule is COCc1nc(CCNS(=O)(=O)c2cccc([N+](=O)[O-])c2)cs1. The Kier molecular flexibility index (Phi) is 5.77. The molecule has 10 heteroatoms. The number of nitro groups is 1. The summed E-state index contributed by atoms with van der Waals surface area (Å²) in [5, 5.41) is 13.4. The van der Waals surface area contributed by atoms with Gasteiger partial charge in [-0.2, -0.15) is 0 Å². The van der Waals surface area contributed by atoms with Gasteiger partial charge in [0.05, 0.1) is 22.1 Å². The molecule has 0 aliphatic carbocycles. The van der Waals surface area contributed by atoms with Crippen LogP contribution in [-0.2, 0) is 27.8 Å². The number of thiazole rings is 1. The van der Waals surface area contributed by atoms with Crippen molar-refractivity contribution in [3.05, 3.63) is 50.5 Å². The van der Waals surface area contributed by atoms with Crippen molar-refractivity contribution in [3.63, 3.8) is 0 Å². The molecule has 1 heterocycles. The monoisotopic (exact) mass is 357 g/mol. The number of methoxy groups -OCH3 is 1. The Morgan fingerprint density at radius 3 is 2.91 bits per heavy atom. The van der Waals surface area contributed by atoms with Gasteiger partial charge in [0, 0.05) is 37.6 Å². The third-order valence-electron chi connectivity index (χ3n) is 2.88. The van der Waals surface area contributed by atoms with Gasteiger partial charge < -0.3 is 4.74 Å². The fraction of sp³-hybridized carbons (Fsp3) is 0.308. The zero-order chi connectivity index (χ0) is 16.9. The number of aromatic nitrogens is 1. The summed E-state index contributed by atoms with van der Waals surface area (Å²) in [5.41, 5.74) is 0.500. The molecule has 0 spiro atoms. The number of nitrogens with zero attached hydrogens (tertiary/aromatic N) is 2. The number of sulfonamides is 1. The van der Waals surface area contributed by atoms with Gasteiger partial charge in [0.25, 0.3) is 5.69 Å². The molecule has 2 rings (SSSR count). The van der Waals surface area contributed by atoms with E-state index in [0.29, 0.717) is 13.0 Å². The lowest BCUT2D eigenvalue weighted by Crippen LogP contribution is -2.26. The number of nitrogens with one attached hydrogen (secondary N) is 1. The van der Waals surface area contributed by atoms with Crippen LogP contribution in [0.5, 0.6) is 0 Å². The molecule has 0 radical (unpaired) electrons. The van der Waals surface area contributed by atoms with Crippen LogP contribution in [0.1, 0.15) is 10.7 Å². The maximum atomic E-state index is 12.1. The van der Waals surface area contributed by atoms with Crippen molar-refractivity contribution in [2.75, 3.05) is 13.7 Å². The van der Waals surface area contributed by atoms with Gasteiger partial charge in [-0.1, -0.05) is 6.07 Å². The number of non-ortho nitro benzene ring substituents is 1. The van der Waals surface area contributed by atoms with Gasteiger partial charge in [-0.3, -0.25) is 10.1 Å². The molecule has 0 bridgehead atoms. The molecule has 1 aromatic carbocycles. The average Bonchev–Trinajstić information content (AvgIpc) is 2.95. The molecule has 0 atom stereocenters. The van der Waals surface area contributed by atoms with Crippen molar-refractivity contribution in [1.82, 2.24) is 9.71 Å². The number of rotatable bonds is 8. The van der Waals surface area contributed by atoms with Crippen LogP contribution in [0.4, 0.5) is 5.69 Å². The summed E-state index contributed by atoms with van der Waals surface area (Å²) in [7, 11) is -2.22. The van der Waals surface area contributed by atoms with Crippen LogP contribution in [0.2, 0.25) is 0 Å². The fourth-order valence-electron chi connectivity index (χ4n) is 1.81. The molecule has 23 heavy (non-hydrogen) atoms. The van der Waals surface area contributed by atoms with Gasteiger partial charge in [-0.25, -0.2) is 18.1 Å². The van der Waals surface area contributed by atoms with Gasteiger partial charge in [0.1, 0.15) is 5.01 Å². The second-order valence-electron chi connectivity index (χ2n) is 4.57. The van der Waals surface area contributed by atoms with E-state index in [0.717, 1.165) is 16.8 Å². The van der Waals surface area contributed by atoms with E-state index >= 15 is 0 Å². The molecule has 0 unspecified atom stereocenters. The molecule has 0 aliphatic rings. The minimum atomic E-state index is -3.79. The largest absolute Gasteiger partial charge is 0.378 e. The fourth-order valence-corrected chi connectivity index (χ4v) is 3.68. The van der Waals surface area contributed by atoms with E-state index < -0.39 is 14.9 Å². The standard InChI is InChI=1S/C13H15N3O5S2/c1-21-8-13-15-10(9-22-13)5-6-14-23(19,20)12-4-2-3-11(7-12)16(17)18/h2-4,7,9,14H,5-6,8H2,1H3. The maximum absolute atomic E-state index is 12.1. The second kappa shape index (κ2) is 7.59. The summed E-state index contributed by atoms with van der Waals surface area (Å²) in [6.45, 7) is 0.575. The zero-order valence-corrected chi connectivity index (χ0v) is 13.9. The lowest BCUT2D eigenvalue weighted by molar-refractivity contribution is -0.385. The number of ether oxygens (including phenoxy) is 1. The van der Waals surface area contributed by atoms with E-state index in [-0.39, 0.29) is 17.1 Å². The van der Waals surface area contributed by atoms with Crippen molar-refractivity contribution in [1.29, 1.82) is 0 Å². The van der Waals surface area contributed by atoms with Crippen molar-refractivity contribution in [2.45, 2.75) is 17.9 Å². The normalized spacial score (nSPS) is 11.5. The number of hydrogen-bond acceptors (Lipinski definition) is 7. The number of nitro benzene ring substituents is 1. The third-order valence-corrected chi connectivity index (χ3v) is 5.21. The summed E-state index contributed by atoms with van der Waals surface area (Å²) in [6, 6.07) is 4.92. The quantitative estimate of drug-likeness (QED) is 0.569. The summed E-state index contributed by atoms with van der Waals surface area (Å²) < 4.78 is 31.7. The lowest BCUT2D eigenvalue weighted by atomic mass is 10.3. The Labute approximate surface area is 137 Å². The van der Waals surface area contributed by atoms with Gasteiger partial charge in [0.15, 0.2) is 0 Å². The van der Waals surface area contributed by atoms with Crippen LogP contribution in [-0.4, -0.2) is 32.0 Å². The van der Waals surface area contributed by atoms with E-state index in [1.165, 1.54) is 29.5 Å². The lowest BCUT2D eigenvalue weighted by Gasteiger charge is -2.05. The molecule has 0 saturated carbocycles. The first-order valence-electron chi connectivity index (χ1n) is 6.59. The van der Waals surface area contributed by atoms with Crippen molar-refractivity contribution < 1.29 is 18.1 Å². The van der Waals surface area contributed by atoms with Crippen LogP contribution in [0.15, 0.2) is 34.5 Å². The van der Waals surface area contributed by atoms with Crippen LogP contribution >= 0.6 is 11.3 Å². The summed E-state index contributed by atoms with van der Waals surface area (Å²) in [5.74, 6) is 0. The first-order chi connectivity index (χ1) is 10.9. The van der Waals surface area contributed by atoms with Crippen LogP contribution in [0, 0.1) is 10.1 Å². The smallest absolute Gasteiger partial charge is 0.270 e. The van der Waals surface area contributed by atoms with E-state index in [1.54, 1.807) is 7.11 Å². The number of benzene rings is 1. The Morgan fingerprint density at radius 1 is 1.43 bits per heavy atom. The zero-order valence-electron chi connectivity index (χ0n) is 12.3. The first kappa shape index (κ1) is 17.5. The molecule has 1 N–H and O–H groups in total. The van der Waals surface area contributed by atoms with Crippen LogP contribution < -0.4 is 4.72 Å². The minimum absolute atomic E-state index is 0.134. The summed E-state index contributed by atoms with van der Waals surface area (Å²) in [4.78, 5) is 14.2. The molecule has 2 aromatic rings. The number of hydrogen-bond donors (Lipinski definition) is 1. The highest BCUT2D eigenvalue weighted by atomic mass is 32.2. The first-order valence-corrected chi connectivity index (χ1v) is 8.95. The molecule has 1 aromatic heterocycles. The Balaban J connectivity index is 1.98. The van der Waals surface area contributed by atoms with Crippen molar-refractivity contribution in [3.8, 4) is 0 Å². The van der Waals surface area contributed by atoms with Gasteiger partial charge in [0.2, 0.25) is 10.0 Å². The molecule has 0 aliphatic heterocycles. The predicted octanol–water partition coefficient (Wildman–Crippen LogP) is 1.72. The van der Waals surface area contributed by atoms with E-state index in [4.69, 9.17) is 4.74 Å². The summed E-state index contributed by atoms with van der Waals surface area (Å²) >= 11 is 1.45. The highest BCUT2D eigenvalue weighted by Crippen LogP contribution is 2.17. The van der Waals surface area contributed by atoms with Crippen LogP contribution in [0.25, 0.3) is 0 Å². The molecular formula is C13H15N3O5S2. The maximum Gasteiger partial charge on any atom is 0.270 e. The molecule has 0 amide bonds. The van der Waals surface area contributed by atoms with Crippen molar-refractivity contribution in [2.24, 2.45) is 0 Å². The van der Waals surface area contributed by atoms with Crippen molar-refractivity contribution >= 4 is 27.0 Å². The molecule has 124 valence electrons. The predicted molar refractivity (Wildman–Crippen MR) is 84.8 cm³/mol. The molecule has 0 saturated heterocycles. The summed E-state index contributed by atoms with van der Waals surface area (Å²) in [6.07, 6.45) is 0.425. The Hall–Kier alpha value is -1.88. The van der Waals surface area contributed by atoms with E-state index in [9.17, 15) is 18.5 Å². The third kappa shape index (κ3) is 4.79. The highest BCUT2D eigenvalue weighted by molar-refractivity contribution is 7.89. The van der Waals surface area contributed by atoms with Crippen LogP contribution in [0.3, 0.4) is 0 Å². The van der Waals surface area contributed by atoms with Gasteiger partial charge in [-0.05, 0) is 6.07 Å². The second-order valence-corrected chi connectivity index (χ2v) is 7.28. The van der Waals surface area contributed by atoms with E-state index in [2.05, 4.69) is 9.71 Å². The Bertz CT molecular complexity index is 788. The highest BCUT2D eigenvalue weighted by Gasteiger charge is 2.17. The minimum Gasteiger partial charge on any atom is -0.378 e. The topological polar surface area (TPSA) is 111 Å². The molecule has 0 fully saturated rings. The van der Waals surface area contributed by atoms with E-state index in [1.807, 2.05) is 5.38 Å².